The van der Waals surface area contributed by atoms with Gasteiger partial charge in [0.05, 0.1) is 6.61 Å². The molecule has 0 fully saturated rings. The third-order valence-corrected chi connectivity index (χ3v) is 3.75. The lowest BCUT2D eigenvalue weighted by Crippen LogP contribution is -2.05. The summed E-state index contributed by atoms with van der Waals surface area (Å²) in [6.45, 7) is 7.02. The van der Waals surface area contributed by atoms with Crippen molar-refractivity contribution in [1.82, 2.24) is 0 Å². The molecule has 0 aromatic heterocycles. The molecule has 0 radical (unpaired) electrons. The molecule has 0 atom stereocenters. The highest BCUT2D eigenvalue weighted by molar-refractivity contribution is 5.69. The summed E-state index contributed by atoms with van der Waals surface area (Å²) in [5, 5.41) is 7.57. The Morgan fingerprint density at radius 1 is 0.696 bits per heavy atom. The number of hydrogen-bond acceptors (Lipinski definition) is 3. The minimum absolute atomic E-state index is 0.00659. The van der Waals surface area contributed by atoms with Gasteiger partial charge in [-0.15, -0.1) is 0 Å². The molecular weight excluding hydrogens is 288 g/mol. The molecule has 0 spiro atoms. The van der Waals surface area contributed by atoms with Gasteiger partial charge in [0, 0.05) is 13.0 Å². The summed E-state index contributed by atoms with van der Waals surface area (Å²) in [6.07, 6.45) is 16.8. The highest BCUT2D eigenvalue weighted by Crippen LogP contribution is 2.09. The zero-order valence-electron chi connectivity index (χ0n) is 16.1. The monoisotopic (exact) mass is 330 g/mol. The second kappa shape index (κ2) is 23.7. The van der Waals surface area contributed by atoms with Gasteiger partial charge in [0.1, 0.15) is 0 Å². The van der Waals surface area contributed by atoms with Gasteiger partial charge in [0.25, 0.3) is 0 Å². The third kappa shape index (κ3) is 26.6. The molecule has 3 nitrogen and oxygen atoms in total. The standard InChI is InChI=1S/C18H36O2.C2H6O/c1-3-5-7-9-11-12-14-16-18(19)20-17-15-13-10-8-6-4-2;1-2-3/h3-17H2,1-2H3;3H,2H2,1H3. The van der Waals surface area contributed by atoms with E-state index in [-0.39, 0.29) is 12.6 Å². The van der Waals surface area contributed by atoms with Crippen LogP contribution in [0.25, 0.3) is 0 Å². The predicted molar refractivity (Wildman–Crippen MR) is 99.7 cm³/mol. The smallest absolute Gasteiger partial charge is 0.305 e. The van der Waals surface area contributed by atoms with Crippen molar-refractivity contribution in [1.29, 1.82) is 0 Å². The van der Waals surface area contributed by atoms with E-state index in [4.69, 9.17) is 9.84 Å². The van der Waals surface area contributed by atoms with Gasteiger partial charge in [-0.05, 0) is 19.8 Å². The fraction of sp³-hybridized carbons (Fsp3) is 0.950. The van der Waals surface area contributed by atoms with Crippen LogP contribution < -0.4 is 0 Å². The molecule has 0 aliphatic heterocycles. The first kappa shape index (κ1) is 24.7. The number of carbonyl (C=O) groups is 1. The number of unbranched alkanes of at least 4 members (excludes halogenated alkanes) is 11. The Balaban J connectivity index is 0. The quantitative estimate of drug-likeness (QED) is 0.294. The third-order valence-electron chi connectivity index (χ3n) is 3.75. The molecule has 140 valence electrons. The van der Waals surface area contributed by atoms with Crippen molar-refractivity contribution in [2.24, 2.45) is 0 Å². The molecule has 0 amide bonds. The summed E-state index contributed by atoms with van der Waals surface area (Å²) in [6, 6.07) is 0. The average molecular weight is 331 g/mol. The van der Waals surface area contributed by atoms with Crippen molar-refractivity contribution in [2.45, 2.75) is 111 Å². The van der Waals surface area contributed by atoms with Gasteiger partial charge >= 0.3 is 5.97 Å². The van der Waals surface area contributed by atoms with Crippen molar-refractivity contribution in [3.63, 3.8) is 0 Å². The molecule has 0 aromatic rings. The van der Waals surface area contributed by atoms with Crippen LogP contribution >= 0.6 is 0 Å². The molecule has 0 bridgehead atoms. The molecule has 0 aliphatic carbocycles. The number of aliphatic hydroxyl groups is 1. The molecule has 0 saturated carbocycles. The SMILES string of the molecule is CCCCCCCCCC(=O)OCCCCCCCC.CCO. The summed E-state index contributed by atoms with van der Waals surface area (Å²) in [7, 11) is 0. The lowest BCUT2D eigenvalue weighted by molar-refractivity contribution is -0.143. The van der Waals surface area contributed by atoms with Crippen LogP contribution in [-0.2, 0) is 9.53 Å². The van der Waals surface area contributed by atoms with E-state index in [0.29, 0.717) is 13.0 Å². The van der Waals surface area contributed by atoms with Gasteiger partial charge in [-0.2, -0.15) is 0 Å². The highest BCUT2D eigenvalue weighted by Gasteiger charge is 2.02. The Morgan fingerprint density at radius 2 is 1.09 bits per heavy atom. The summed E-state index contributed by atoms with van der Waals surface area (Å²) in [5.74, 6) is 0.00659. The van der Waals surface area contributed by atoms with Gasteiger partial charge in [-0.25, -0.2) is 0 Å². The maximum absolute atomic E-state index is 11.5. The van der Waals surface area contributed by atoms with E-state index in [2.05, 4.69) is 13.8 Å². The Labute approximate surface area is 145 Å². The Kier molecular flexibility index (Phi) is 25.4. The van der Waals surface area contributed by atoms with Crippen LogP contribution in [-0.4, -0.2) is 24.3 Å². The van der Waals surface area contributed by atoms with Crippen LogP contribution in [0, 0.1) is 0 Å². The minimum Gasteiger partial charge on any atom is -0.466 e. The molecule has 1 N–H and O–H groups in total. The van der Waals surface area contributed by atoms with Crippen LogP contribution in [0.5, 0.6) is 0 Å². The first-order valence-corrected chi connectivity index (χ1v) is 9.99. The fourth-order valence-corrected chi connectivity index (χ4v) is 2.37. The summed E-state index contributed by atoms with van der Waals surface area (Å²) >= 11 is 0. The number of rotatable bonds is 15. The van der Waals surface area contributed by atoms with E-state index < -0.39 is 0 Å². The van der Waals surface area contributed by atoms with E-state index in [1.165, 1.54) is 70.6 Å². The summed E-state index contributed by atoms with van der Waals surface area (Å²) < 4.78 is 5.25. The molecule has 0 aliphatic rings. The van der Waals surface area contributed by atoms with Crippen molar-refractivity contribution < 1.29 is 14.6 Å². The molecule has 0 unspecified atom stereocenters. The minimum atomic E-state index is 0.00659. The Hall–Kier alpha value is -0.570. The maximum Gasteiger partial charge on any atom is 0.305 e. The van der Waals surface area contributed by atoms with Gasteiger partial charge in [0.2, 0.25) is 0 Å². The van der Waals surface area contributed by atoms with E-state index in [1.807, 2.05) is 0 Å². The zero-order valence-corrected chi connectivity index (χ0v) is 16.1. The van der Waals surface area contributed by atoms with Crippen LogP contribution in [0.15, 0.2) is 0 Å². The number of hydrogen-bond donors (Lipinski definition) is 1. The Bertz CT molecular complexity index is 197. The molecular formula is C20H42O3. The average Bonchev–Trinajstić information content (AvgIpc) is 2.54. The summed E-state index contributed by atoms with van der Waals surface area (Å²) in [5.41, 5.74) is 0. The molecule has 0 saturated heterocycles. The molecule has 0 aromatic carbocycles. The van der Waals surface area contributed by atoms with Crippen molar-refractivity contribution in [3.8, 4) is 0 Å². The fourth-order valence-electron chi connectivity index (χ4n) is 2.37. The summed E-state index contributed by atoms with van der Waals surface area (Å²) in [4.78, 5) is 11.5. The van der Waals surface area contributed by atoms with Gasteiger partial charge in [0.15, 0.2) is 0 Å². The van der Waals surface area contributed by atoms with Crippen molar-refractivity contribution >= 4 is 5.97 Å². The molecule has 3 heteroatoms. The van der Waals surface area contributed by atoms with Crippen molar-refractivity contribution in [2.75, 3.05) is 13.2 Å². The van der Waals surface area contributed by atoms with E-state index in [1.54, 1.807) is 6.92 Å². The zero-order chi connectivity index (χ0) is 17.6. The largest absolute Gasteiger partial charge is 0.466 e. The number of ether oxygens (including phenoxy) is 1. The lowest BCUT2D eigenvalue weighted by atomic mass is 10.1. The highest BCUT2D eigenvalue weighted by atomic mass is 16.5. The molecule has 0 heterocycles. The number of carbonyl (C=O) groups excluding carboxylic acids is 1. The maximum atomic E-state index is 11.5. The predicted octanol–water partition coefficient (Wildman–Crippen LogP) is 6.03. The first-order valence-electron chi connectivity index (χ1n) is 9.99. The van der Waals surface area contributed by atoms with Crippen LogP contribution in [0.2, 0.25) is 0 Å². The Morgan fingerprint density at radius 3 is 1.57 bits per heavy atom. The van der Waals surface area contributed by atoms with Gasteiger partial charge in [-0.1, -0.05) is 84.5 Å². The second-order valence-corrected chi connectivity index (χ2v) is 6.18. The molecule has 23 heavy (non-hydrogen) atoms. The van der Waals surface area contributed by atoms with Crippen LogP contribution in [0.4, 0.5) is 0 Å². The normalized spacial score (nSPS) is 10.1. The number of esters is 1. The van der Waals surface area contributed by atoms with E-state index in [0.717, 1.165) is 12.8 Å². The van der Waals surface area contributed by atoms with E-state index >= 15 is 0 Å². The topological polar surface area (TPSA) is 46.5 Å². The van der Waals surface area contributed by atoms with Crippen molar-refractivity contribution in [3.05, 3.63) is 0 Å². The van der Waals surface area contributed by atoms with Crippen LogP contribution in [0.1, 0.15) is 111 Å². The first-order chi connectivity index (χ1) is 11.2. The lowest BCUT2D eigenvalue weighted by Gasteiger charge is -2.05. The van der Waals surface area contributed by atoms with E-state index in [9.17, 15) is 4.79 Å². The van der Waals surface area contributed by atoms with Gasteiger partial charge < -0.3 is 9.84 Å². The number of aliphatic hydroxyl groups excluding tert-OH is 1. The van der Waals surface area contributed by atoms with Crippen LogP contribution in [0.3, 0.4) is 0 Å². The second-order valence-electron chi connectivity index (χ2n) is 6.18. The van der Waals surface area contributed by atoms with Gasteiger partial charge in [-0.3, -0.25) is 4.79 Å². The molecule has 0 rings (SSSR count).